The van der Waals surface area contributed by atoms with E-state index < -0.39 is 6.10 Å². The van der Waals surface area contributed by atoms with E-state index in [0.717, 1.165) is 31.3 Å². The van der Waals surface area contributed by atoms with Crippen LogP contribution in [0.2, 0.25) is 0 Å². The molecule has 0 aliphatic carbocycles. The van der Waals surface area contributed by atoms with Crippen LogP contribution in [-0.2, 0) is 4.74 Å². The molecule has 4 atom stereocenters. The number of hydrogen-bond acceptors (Lipinski definition) is 4. The lowest BCUT2D eigenvalue weighted by Crippen LogP contribution is -2.18. The molecule has 1 fully saturated rings. The maximum atomic E-state index is 9.95. The van der Waals surface area contributed by atoms with Crippen molar-refractivity contribution in [2.75, 3.05) is 6.61 Å². The van der Waals surface area contributed by atoms with E-state index in [9.17, 15) is 10.2 Å². The first-order valence-electron chi connectivity index (χ1n) is 7.43. The topological polar surface area (TPSA) is 69.9 Å². The molecule has 20 heavy (non-hydrogen) atoms. The lowest BCUT2D eigenvalue weighted by atomic mass is 9.96. The number of aliphatic hydroxyl groups excluding tert-OH is 3. The number of hydrogen-bond donors (Lipinski definition) is 3. The molecule has 0 aromatic rings. The molecule has 1 saturated heterocycles. The van der Waals surface area contributed by atoms with Crippen LogP contribution >= 0.6 is 0 Å². The minimum absolute atomic E-state index is 0.0148. The van der Waals surface area contributed by atoms with E-state index in [1.54, 1.807) is 0 Å². The summed E-state index contributed by atoms with van der Waals surface area (Å²) in [7, 11) is 0. The molecule has 0 aromatic heterocycles. The van der Waals surface area contributed by atoms with Crippen molar-refractivity contribution in [3.05, 3.63) is 24.5 Å². The van der Waals surface area contributed by atoms with Gasteiger partial charge in [0.25, 0.3) is 0 Å². The Labute approximate surface area is 121 Å². The van der Waals surface area contributed by atoms with E-state index in [4.69, 9.17) is 9.84 Å². The molecule has 1 aliphatic rings. The highest BCUT2D eigenvalue weighted by molar-refractivity contribution is 5.09. The van der Waals surface area contributed by atoms with Gasteiger partial charge in [0.1, 0.15) is 0 Å². The van der Waals surface area contributed by atoms with E-state index >= 15 is 0 Å². The lowest BCUT2D eigenvalue weighted by molar-refractivity contribution is 0.0287. The lowest BCUT2D eigenvalue weighted by Gasteiger charge is -2.18. The third-order valence-electron chi connectivity index (χ3n) is 3.94. The summed E-state index contributed by atoms with van der Waals surface area (Å²) in [5, 5.41) is 28.0. The van der Waals surface area contributed by atoms with Crippen LogP contribution in [0.3, 0.4) is 0 Å². The molecule has 116 valence electrons. The molecule has 1 aliphatic heterocycles. The van der Waals surface area contributed by atoms with Gasteiger partial charge in [-0.3, -0.25) is 0 Å². The highest BCUT2D eigenvalue weighted by atomic mass is 16.5. The van der Waals surface area contributed by atoms with Crippen LogP contribution in [0.15, 0.2) is 24.5 Å². The summed E-state index contributed by atoms with van der Waals surface area (Å²) in [4.78, 5) is 0. The van der Waals surface area contributed by atoms with Crippen molar-refractivity contribution >= 4 is 0 Å². The van der Waals surface area contributed by atoms with Crippen molar-refractivity contribution in [1.82, 2.24) is 0 Å². The average molecular weight is 284 g/mol. The van der Waals surface area contributed by atoms with Crippen molar-refractivity contribution in [2.24, 2.45) is 5.92 Å². The largest absolute Gasteiger partial charge is 0.513 e. The Bertz CT molecular complexity index is 326. The van der Waals surface area contributed by atoms with Crippen molar-refractivity contribution in [1.29, 1.82) is 0 Å². The SMILES string of the molecule is C=C(O)[C@H](C)C[C@H](O)CC[C@@H]1OC(CCCO)CC1=C. The van der Waals surface area contributed by atoms with Crippen LogP contribution in [0.25, 0.3) is 0 Å². The molecule has 0 spiro atoms. The van der Waals surface area contributed by atoms with Crippen molar-refractivity contribution in [3.63, 3.8) is 0 Å². The molecule has 1 rings (SSSR count). The van der Waals surface area contributed by atoms with Crippen LogP contribution < -0.4 is 0 Å². The molecule has 4 nitrogen and oxygen atoms in total. The second-order valence-corrected chi connectivity index (χ2v) is 5.83. The van der Waals surface area contributed by atoms with Gasteiger partial charge in [0.15, 0.2) is 0 Å². The zero-order valence-corrected chi connectivity index (χ0v) is 12.4. The van der Waals surface area contributed by atoms with E-state index in [2.05, 4.69) is 13.2 Å². The molecule has 0 radical (unpaired) electrons. The minimum Gasteiger partial charge on any atom is -0.513 e. The summed E-state index contributed by atoms with van der Waals surface area (Å²) in [6, 6.07) is 0. The van der Waals surface area contributed by atoms with Gasteiger partial charge in [-0.25, -0.2) is 0 Å². The molecule has 1 unspecified atom stereocenters. The first-order chi connectivity index (χ1) is 9.43. The predicted octanol–water partition coefficient (Wildman–Crippen LogP) is 2.71. The quantitative estimate of drug-likeness (QED) is 0.450. The van der Waals surface area contributed by atoms with Gasteiger partial charge in [0.2, 0.25) is 0 Å². The van der Waals surface area contributed by atoms with Crippen LogP contribution in [0.4, 0.5) is 0 Å². The maximum absolute atomic E-state index is 9.95. The van der Waals surface area contributed by atoms with E-state index in [1.165, 1.54) is 0 Å². The average Bonchev–Trinajstić information content (AvgIpc) is 2.74. The molecular formula is C16H28O4. The summed E-state index contributed by atoms with van der Waals surface area (Å²) in [5.74, 6) is 0.0321. The van der Waals surface area contributed by atoms with E-state index in [1.807, 2.05) is 6.92 Å². The number of ether oxygens (including phenoxy) is 1. The van der Waals surface area contributed by atoms with Crippen LogP contribution in [0.1, 0.15) is 45.4 Å². The van der Waals surface area contributed by atoms with Crippen molar-refractivity contribution < 1.29 is 20.1 Å². The van der Waals surface area contributed by atoms with Crippen LogP contribution in [0, 0.1) is 5.92 Å². The summed E-state index contributed by atoms with van der Waals surface area (Å²) >= 11 is 0. The predicted molar refractivity (Wildman–Crippen MR) is 79.5 cm³/mol. The first kappa shape index (κ1) is 17.2. The standard InChI is InChI=1S/C16H28O4/c1-11(13(3)18)9-14(19)6-7-16-12(2)10-15(20-16)5-4-8-17/h11,14-19H,2-10H2,1H3/t11-,14-,15?,16+/m1/s1. The van der Waals surface area contributed by atoms with Gasteiger partial charge in [-0.2, -0.15) is 0 Å². The Morgan fingerprint density at radius 1 is 1.45 bits per heavy atom. The monoisotopic (exact) mass is 284 g/mol. The molecule has 0 amide bonds. The number of aliphatic hydroxyl groups is 3. The van der Waals surface area contributed by atoms with Crippen LogP contribution in [-0.4, -0.2) is 40.2 Å². The molecule has 1 heterocycles. The van der Waals surface area contributed by atoms with Crippen molar-refractivity contribution in [3.8, 4) is 0 Å². The Balaban J connectivity index is 2.27. The van der Waals surface area contributed by atoms with E-state index in [-0.39, 0.29) is 30.5 Å². The fraction of sp³-hybridized carbons (Fsp3) is 0.750. The summed E-state index contributed by atoms with van der Waals surface area (Å²) in [5.41, 5.74) is 1.08. The fourth-order valence-corrected chi connectivity index (χ4v) is 2.57. The number of allylic oxidation sites excluding steroid dienone is 1. The van der Waals surface area contributed by atoms with Gasteiger partial charge in [0, 0.05) is 12.5 Å². The van der Waals surface area contributed by atoms with Crippen molar-refractivity contribution in [2.45, 2.75) is 63.8 Å². The summed E-state index contributed by atoms with van der Waals surface area (Å²) in [6.45, 7) is 9.56. The smallest absolute Gasteiger partial charge is 0.0880 e. The minimum atomic E-state index is -0.457. The Hall–Kier alpha value is -0.840. The maximum Gasteiger partial charge on any atom is 0.0880 e. The van der Waals surface area contributed by atoms with E-state index in [0.29, 0.717) is 12.8 Å². The van der Waals surface area contributed by atoms with Gasteiger partial charge in [0.05, 0.1) is 24.1 Å². The Kier molecular flexibility index (Phi) is 7.27. The normalized spacial score (nSPS) is 25.6. The third kappa shape index (κ3) is 5.65. The fourth-order valence-electron chi connectivity index (χ4n) is 2.57. The van der Waals surface area contributed by atoms with Gasteiger partial charge >= 0.3 is 0 Å². The molecule has 0 bridgehead atoms. The summed E-state index contributed by atoms with van der Waals surface area (Å²) < 4.78 is 5.89. The third-order valence-corrected chi connectivity index (χ3v) is 3.94. The molecular weight excluding hydrogens is 256 g/mol. The molecule has 0 saturated carbocycles. The van der Waals surface area contributed by atoms with Gasteiger partial charge < -0.3 is 20.1 Å². The zero-order valence-electron chi connectivity index (χ0n) is 12.4. The Morgan fingerprint density at radius 2 is 2.15 bits per heavy atom. The number of rotatable bonds is 9. The second-order valence-electron chi connectivity index (χ2n) is 5.83. The van der Waals surface area contributed by atoms with Gasteiger partial charge in [-0.15, -0.1) is 0 Å². The first-order valence-corrected chi connectivity index (χ1v) is 7.43. The summed E-state index contributed by atoms with van der Waals surface area (Å²) in [6.07, 6.45) is 4.08. The van der Waals surface area contributed by atoms with Gasteiger partial charge in [-0.1, -0.05) is 20.1 Å². The molecule has 0 aromatic carbocycles. The van der Waals surface area contributed by atoms with Crippen LogP contribution in [0.5, 0.6) is 0 Å². The highest BCUT2D eigenvalue weighted by Gasteiger charge is 2.28. The van der Waals surface area contributed by atoms with Gasteiger partial charge in [-0.05, 0) is 44.1 Å². The molecule has 4 heteroatoms. The Morgan fingerprint density at radius 3 is 2.75 bits per heavy atom. The second kappa shape index (κ2) is 8.45. The zero-order chi connectivity index (χ0) is 15.1. The molecule has 3 N–H and O–H groups in total. The highest BCUT2D eigenvalue weighted by Crippen LogP contribution is 2.30.